The maximum absolute atomic E-state index is 5.39. The molecule has 66 valence electrons. The molecule has 1 atom stereocenters. The standard InChI is InChI=1S/C8H18N2S/c1-3-4-5-10-7(2)6-8(9)11/h7,10H,3-6H2,1-2H3,(H2,9,11). The molecule has 0 aromatic heterocycles. The second-order valence-electron chi connectivity index (χ2n) is 2.88. The predicted molar refractivity (Wildman–Crippen MR) is 53.8 cm³/mol. The lowest BCUT2D eigenvalue weighted by atomic mass is 10.2. The zero-order valence-electron chi connectivity index (χ0n) is 7.39. The van der Waals surface area contributed by atoms with Crippen LogP contribution < -0.4 is 11.1 Å². The van der Waals surface area contributed by atoms with Crippen LogP contribution in [-0.2, 0) is 0 Å². The Morgan fingerprint density at radius 1 is 1.64 bits per heavy atom. The lowest BCUT2D eigenvalue weighted by molar-refractivity contribution is 0.547. The summed E-state index contributed by atoms with van der Waals surface area (Å²) in [4.78, 5) is 0.599. The van der Waals surface area contributed by atoms with Crippen LogP contribution in [0.25, 0.3) is 0 Å². The van der Waals surface area contributed by atoms with Crippen LogP contribution in [-0.4, -0.2) is 17.6 Å². The third-order valence-electron chi connectivity index (χ3n) is 1.53. The highest BCUT2D eigenvalue weighted by Gasteiger charge is 2.00. The lowest BCUT2D eigenvalue weighted by Crippen LogP contribution is -2.30. The summed E-state index contributed by atoms with van der Waals surface area (Å²) in [6.45, 7) is 5.36. The molecule has 3 N–H and O–H groups in total. The van der Waals surface area contributed by atoms with E-state index in [1.54, 1.807) is 0 Å². The van der Waals surface area contributed by atoms with E-state index in [1.165, 1.54) is 12.8 Å². The molecule has 0 spiro atoms. The fourth-order valence-electron chi connectivity index (χ4n) is 0.899. The van der Waals surface area contributed by atoms with Crippen LogP contribution in [0.15, 0.2) is 0 Å². The monoisotopic (exact) mass is 174 g/mol. The van der Waals surface area contributed by atoms with Gasteiger partial charge in [-0.05, 0) is 19.9 Å². The van der Waals surface area contributed by atoms with Crippen LogP contribution >= 0.6 is 12.2 Å². The Morgan fingerprint density at radius 3 is 2.73 bits per heavy atom. The van der Waals surface area contributed by atoms with E-state index in [0.29, 0.717) is 11.0 Å². The SMILES string of the molecule is CCCCNC(C)CC(N)=S. The molecule has 0 radical (unpaired) electrons. The molecule has 0 saturated heterocycles. The van der Waals surface area contributed by atoms with E-state index in [0.717, 1.165) is 13.0 Å². The fourth-order valence-corrected chi connectivity index (χ4v) is 1.15. The van der Waals surface area contributed by atoms with Gasteiger partial charge in [-0.3, -0.25) is 0 Å². The van der Waals surface area contributed by atoms with Gasteiger partial charge in [-0.2, -0.15) is 0 Å². The summed E-state index contributed by atoms with van der Waals surface area (Å²) in [6.07, 6.45) is 3.26. The van der Waals surface area contributed by atoms with Gasteiger partial charge >= 0.3 is 0 Å². The molecule has 3 heteroatoms. The first-order valence-corrected chi connectivity index (χ1v) is 4.59. The second-order valence-corrected chi connectivity index (χ2v) is 3.40. The van der Waals surface area contributed by atoms with Gasteiger partial charge in [0.1, 0.15) is 0 Å². The summed E-state index contributed by atoms with van der Waals surface area (Å²) in [5, 5.41) is 3.35. The van der Waals surface area contributed by atoms with Crippen molar-refractivity contribution < 1.29 is 0 Å². The fraction of sp³-hybridized carbons (Fsp3) is 0.875. The molecule has 11 heavy (non-hydrogen) atoms. The molecule has 2 nitrogen and oxygen atoms in total. The normalized spacial score (nSPS) is 12.9. The first kappa shape index (κ1) is 10.8. The molecule has 0 fully saturated rings. The molecule has 0 rings (SSSR count). The smallest absolute Gasteiger partial charge is 0.0742 e. The number of hydrogen-bond acceptors (Lipinski definition) is 2. The minimum atomic E-state index is 0.430. The molecular formula is C8H18N2S. The van der Waals surface area contributed by atoms with Crippen LogP contribution in [0.2, 0.25) is 0 Å². The van der Waals surface area contributed by atoms with Gasteiger partial charge in [0.15, 0.2) is 0 Å². The van der Waals surface area contributed by atoms with Crippen molar-refractivity contribution in [3.63, 3.8) is 0 Å². The van der Waals surface area contributed by atoms with Crippen molar-refractivity contribution in [2.45, 2.75) is 39.2 Å². The van der Waals surface area contributed by atoms with E-state index < -0.39 is 0 Å². The minimum Gasteiger partial charge on any atom is -0.393 e. The number of nitrogens with two attached hydrogens (primary N) is 1. The Balaban J connectivity index is 3.22. The Bertz CT molecular complexity index is 115. The van der Waals surface area contributed by atoms with E-state index in [1.807, 2.05) is 0 Å². The Labute approximate surface area is 74.5 Å². The van der Waals surface area contributed by atoms with Gasteiger partial charge in [0.2, 0.25) is 0 Å². The van der Waals surface area contributed by atoms with E-state index >= 15 is 0 Å². The number of rotatable bonds is 6. The Hall–Kier alpha value is -0.150. The highest BCUT2D eigenvalue weighted by molar-refractivity contribution is 7.80. The van der Waals surface area contributed by atoms with E-state index in [9.17, 15) is 0 Å². The highest BCUT2D eigenvalue weighted by Crippen LogP contribution is 1.91. The predicted octanol–water partition coefficient (Wildman–Crippen LogP) is 1.44. The number of unbranched alkanes of at least 4 members (excludes halogenated alkanes) is 1. The molecule has 1 unspecified atom stereocenters. The van der Waals surface area contributed by atoms with Crippen molar-refractivity contribution in [2.24, 2.45) is 5.73 Å². The summed E-state index contributed by atoms with van der Waals surface area (Å²) in [5.41, 5.74) is 5.39. The van der Waals surface area contributed by atoms with E-state index in [2.05, 4.69) is 19.2 Å². The largest absolute Gasteiger partial charge is 0.393 e. The average molecular weight is 174 g/mol. The van der Waals surface area contributed by atoms with Gasteiger partial charge < -0.3 is 11.1 Å². The molecule has 0 aliphatic rings. The quantitative estimate of drug-likeness (QED) is 0.473. The third kappa shape index (κ3) is 7.75. The average Bonchev–Trinajstić information content (AvgIpc) is 1.86. The summed E-state index contributed by atoms with van der Waals surface area (Å²) in [5.74, 6) is 0. The Kier molecular flexibility index (Phi) is 6.46. The first-order valence-electron chi connectivity index (χ1n) is 4.18. The zero-order valence-corrected chi connectivity index (χ0v) is 8.21. The van der Waals surface area contributed by atoms with Crippen molar-refractivity contribution in [1.82, 2.24) is 5.32 Å². The van der Waals surface area contributed by atoms with Gasteiger partial charge in [-0.1, -0.05) is 25.6 Å². The summed E-state index contributed by atoms with van der Waals surface area (Å²) >= 11 is 4.79. The zero-order chi connectivity index (χ0) is 8.69. The Morgan fingerprint density at radius 2 is 2.27 bits per heavy atom. The second kappa shape index (κ2) is 6.55. The van der Waals surface area contributed by atoms with Crippen molar-refractivity contribution >= 4 is 17.2 Å². The van der Waals surface area contributed by atoms with Gasteiger partial charge in [-0.25, -0.2) is 0 Å². The van der Waals surface area contributed by atoms with Gasteiger partial charge in [0, 0.05) is 12.5 Å². The number of nitrogens with one attached hydrogen (secondary N) is 1. The third-order valence-corrected chi connectivity index (χ3v) is 1.70. The number of thiocarbonyl (C=S) groups is 1. The molecule has 0 aliphatic heterocycles. The maximum Gasteiger partial charge on any atom is 0.0742 e. The minimum absolute atomic E-state index is 0.430. The summed E-state index contributed by atoms with van der Waals surface area (Å²) in [6, 6.07) is 0.430. The summed E-state index contributed by atoms with van der Waals surface area (Å²) in [7, 11) is 0. The molecular weight excluding hydrogens is 156 g/mol. The van der Waals surface area contributed by atoms with Crippen molar-refractivity contribution in [2.75, 3.05) is 6.54 Å². The molecule has 0 aromatic rings. The number of hydrogen-bond donors (Lipinski definition) is 2. The van der Waals surface area contributed by atoms with Crippen molar-refractivity contribution in [3.05, 3.63) is 0 Å². The van der Waals surface area contributed by atoms with Gasteiger partial charge in [0.05, 0.1) is 4.99 Å². The van der Waals surface area contributed by atoms with Crippen LogP contribution in [0.4, 0.5) is 0 Å². The molecule has 0 amide bonds. The van der Waals surface area contributed by atoms with Crippen LogP contribution in [0, 0.1) is 0 Å². The molecule has 0 saturated carbocycles. The van der Waals surface area contributed by atoms with Gasteiger partial charge in [-0.15, -0.1) is 0 Å². The van der Waals surface area contributed by atoms with Crippen molar-refractivity contribution in [3.8, 4) is 0 Å². The molecule has 0 aromatic carbocycles. The van der Waals surface area contributed by atoms with Crippen LogP contribution in [0.5, 0.6) is 0 Å². The van der Waals surface area contributed by atoms with Crippen LogP contribution in [0.1, 0.15) is 33.1 Å². The maximum atomic E-state index is 5.39. The topological polar surface area (TPSA) is 38.0 Å². The highest BCUT2D eigenvalue weighted by atomic mass is 32.1. The molecule has 0 aliphatic carbocycles. The lowest BCUT2D eigenvalue weighted by Gasteiger charge is -2.11. The summed E-state index contributed by atoms with van der Waals surface area (Å²) < 4.78 is 0. The first-order chi connectivity index (χ1) is 5.16. The van der Waals surface area contributed by atoms with E-state index in [4.69, 9.17) is 18.0 Å². The molecule has 0 bridgehead atoms. The van der Waals surface area contributed by atoms with Crippen molar-refractivity contribution in [1.29, 1.82) is 0 Å². The van der Waals surface area contributed by atoms with E-state index in [-0.39, 0.29) is 0 Å². The van der Waals surface area contributed by atoms with Crippen LogP contribution in [0.3, 0.4) is 0 Å². The van der Waals surface area contributed by atoms with Gasteiger partial charge in [0.25, 0.3) is 0 Å². The molecule has 0 heterocycles.